The van der Waals surface area contributed by atoms with Crippen molar-refractivity contribution in [1.29, 1.82) is 0 Å². The number of hydrogen-bond acceptors (Lipinski definition) is 6. The van der Waals surface area contributed by atoms with Crippen LogP contribution in [0.15, 0.2) is 47.0 Å². The molecule has 1 saturated heterocycles. The van der Waals surface area contributed by atoms with Crippen molar-refractivity contribution in [2.75, 3.05) is 33.4 Å². The van der Waals surface area contributed by atoms with Gasteiger partial charge in [-0.2, -0.15) is 4.98 Å². The zero-order valence-electron chi connectivity index (χ0n) is 15.2. The third-order valence-corrected chi connectivity index (χ3v) is 4.72. The Balaban J connectivity index is 1.62. The molecule has 0 bridgehead atoms. The highest BCUT2D eigenvalue weighted by Gasteiger charge is 2.20. The topological polar surface area (TPSA) is 77.7 Å². The van der Waals surface area contributed by atoms with Crippen LogP contribution in [0.3, 0.4) is 0 Å². The lowest BCUT2D eigenvalue weighted by Crippen LogP contribution is -2.40. The average Bonchev–Trinajstić information content (AvgIpc) is 3.24. The lowest BCUT2D eigenvalue weighted by atomic mass is 10.1. The molecule has 28 heavy (non-hydrogen) atoms. The normalized spacial score (nSPS) is 14.1. The van der Waals surface area contributed by atoms with Crippen molar-refractivity contribution in [3.63, 3.8) is 0 Å². The van der Waals surface area contributed by atoms with Crippen molar-refractivity contribution in [3.05, 3.63) is 53.1 Å². The maximum Gasteiger partial charge on any atom is 0.262 e. The fraction of sp³-hybridized carbons (Fsp3) is 0.250. The van der Waals surface area contributed by atoms with Gasteiger partial charge in [-0.15, -0.1) is 0 Å². The summed E-state index contributed by atoms with van der Waals surface area (Å²) in [6.45, 7) is 2.29. The maximum absolute atomic E-state index is 12.7. The van der Waals surface area contributed by atoms with Crippen LogP contribution in [0.1, 0.15) is 10.4 Å². The smallest absolute Gasteiger partial charge is 0.262 e. The summed E-state index contributed by atoms with van der Waals surface area (Å²) < 4.78 is 16.1. The van der Waals surface area contributed by atoms with Gasteiger partial charge in [0.25, 0.3) is 11.8 Å². The van der Waals surface area contributed by atoms with E-state index in [0.717, 1.165) is 0 Å². The van der Waals surface area contributed by atoms with Crippen molar-refractivity contribution in [2.45, 2.75) is 0 Å². The van der Waals surface area contributed by atoms with E-state index in [1.54, 1.807) is 42.3 Å². The Labute approximate surface area is 166 Å². The highest BCUT2D eigenvalue weighted by molar-refractivity contribution is 6.30. The fourth-order valence-electron chi connectivity index (χ4n) is 3.03. The van der Waals surface area contributed by atoms with Crippen LogP contribution in [0.25, 0.3) is 22.8 Å². The monoisotopic (exact) mass is 399 g/mol. The molecule has 7 nitrogen and oxygen atoms in total. The van der Waals surface area contributed by atoms with Crippen LogP contribution in [-0.4, -0.2) is 54.4 Å². The first-order valence-corrected chi connectivity index (χ1v) is 9.18. The zero-order chi connectivity index (χ0) is 19.5. The van der Waals surface area contributed by atoms with Gasteiger partial charge in [0.2, 0.25) is 5.82 Å². The minimum Gasteiger partial charge on any atom is -0.496 e. The van der Waals surface area contributed by atoms with Gasteiger partial charge in [0.05, 0.1) is 25.9 Å². The first-order chi connectivity index (χ1) is 13.7. The van der Waals surface area contributed by atoms with E-state index < -0.39 is 0 Å². The molecule has 0 atom stereocenters. The molecule has 2 heterocycles. The molecule has 2 aromatic carbocycles. The summed E-state index contributed by atoms with van der Waals surface area (Å²) in [5, 5.41) is 4.60. The Morgan fingerprint density at radius 2 is 2.00 bits per heavy atom. The minimum atomic E-state index is -0.0340. The second-order valence-electron chi connectivity index (χ2n) is 6.25. The van der Waals surface area contributed by atoms with E-state index in [0.29, 0.717) is 65.5 Å². The standard InChI is InChI=1S/C20H18ClN3O4/c1-26-17-12-15(21)5-6-16(17)19-22-18(23-28-19)13-3-2-4-14(11-13)20(25)24-7-9-27-10-8-24/h2-6,11-12H,7-10H2,1H3. The van der Waals surface area contributed by atoms with Crippen molar-refractivity contribution < 1.29 is 18.8 Å². The molecule has 0 spiro atoms. The van der Waals surface area contributed by atoms with Gasteiger partial charge in [-0.05, 0) is 30.3 Å². The molecule has 1 aliphatic rings. The van der Waals surface area contributed by atoms with Crippen molar-refractivity contribution in [2.24, 2.45) is 0 Å². The largest absolute Gasteiger partial charge is 0.496 e. The summed E-state index contributed by atoms with van der Waals surface area (Å²) in [4.78, 5) is 18.9. The molecule has 0 unspecified atom stereocenters. The summed E-state index contributed by atoms with van der Waals surface area (Å²) >= 11 is 6.00. The van der Waals surface area contributed by atoms with Crippen LogP contribution in [0.4, 0.5) is 0 Å². The number of ether oxygens (including phenoxy) is 2. The Bertz CT molecular complexity index is 999. The average molecular weight is 400 g/mol. The Hall–Kier alpha value is -2.90. The van der Waals surface area contributed by atoms with E-state index in [1.165, 1.54) is 0 Å². The molecular formula is C20H18ClN3O4. The predicted octanol–water partition coefficient (Wildman–Crippen LogP) is 3.54. The highest BCUT2D eigenvalue weighted by atomic mass is 35.5. The molecule has 4 rings (SSSR count). The molecule has 0 N–H and O–H groups in total. The highest BCUT2D eigenvalue weighted by Crippen LogP contribution is 2.32. The van der Waals surface area contributed by atoms with Crippen LogP contribution in [0, 0.1) is 0 Å². The van der Waals surface area contributed by atoms with E-state index in [4.69, 9.17) is 25.6 Å². The summed E-state index contributed by atoms with van der Waals surface area (Å²) in [7, 11) is 1.55. The molecule has 1 aromatic heterocycles. The predicted molar refractivity (Wildman–Crippen MR) is 103 cm³/mol. The number of methoxy groups -OCH3 is 1. The molecule has 1 fully saturated rings. The SMILES string of the molecule is COc1cc(Cl)ccc1-c1nc(-c2cccc(C(=O)N3CCOCC3)c2)no1. The first kappa shape index (κ1) is 18.5. The summed E-state index contributed by atoms with van der Waals surface area (Å²) in [5.41, 5.74) is 1.92. The van der Waals surface area contributed by atoms with E-state index in [-0.39, 0.29) is 5.91 Å². The molecule has 8 heteroatoms. The number of benzene rings is 2. The van der Waals surface area contributed by atoms with Crippen LogP contribution in [-0.2, 0) is 4.74 Å². The Kier molecular flexibility index (Phi) is 5.27. The van der Waals surface area contributed by atoms with Gasteiger partial charge in [0.15, 0.2) is 0 Å². The van der Waals surface area contributed by atoms with E-state index >= 15 is 0 Å². The Morgan fingerprint density at radius 3 is 2.79 bits per heavy atom. The van der Waals surface area contributed by atoms with Crippen LogP contribution < -0.4 is 4.74 Å². The van der Waals surface area contributed by atoms with Crippen LogP contribution in [0.2, 0.25) is 5.02 Å². The third-order valence-electron chi connectivity index (χ3n) is 4.49. The van der Waals surface area contributed by atoms with E-state index in [1.807, 2.05) is 12.1 Å². The number of morpholine rings is 1. The summed E-state index contributed by atoms with van der Waals surface area (Å²) in [5.74, 6) is 1.21. The lowest BCUT2D eigenvalue weighted by Gasteiger charge is -2.26. The van der Waals surface area contributed by atoms with Gasteiger partial charge in [-0.1, -0.05) is 28.9 Å². The van der Waals surface area contributed by atoms with Crippen molar-refractivity contribution in [3.8, 4) is 28.6 Å². The minimum absolute atomic E-state index is 0.0340. The number of hydrogen-bond donors (Lipinski definition) is 0. The Morgan fingerprint density at radius 1 is 1.18 bits per heavy atom. The second kappa shape index (κ2) is 8.00. The molecule has 0 radical (unpaired) electrons. The second-order valence-corrected chi connectivity index (χ2v) is 6.69. The molecule has 0 aliphatic carbocycles. The number of aromatic nitrogens is 2. The van der Waals surface area contributed by atoms with Gasteiger partial charge in [-0.25, -0.2) is 0 Å². The lowest BCUT2D eigenvalue weighted by molar-refractivity contribution is 0.0303. The van der Waals surface area contributed by atoms with Gasteiger partial charge < -0.3 is 18.9 Å². The van der Waals surface area contributed by atoms with Gasteiger partial charge >= 0.3 is 0 Å². The molecular weight excluding hydrogens is 382 g/mol. The number of nitrogens with zero attached hydrogens (tertiary/aromatic N) is 3. The van der Waals surface area contributed by atoms with Crippen LogP contribution >= 0.6 is 11.6 Å². The van der Waals surface area contributed by atoms with Crippen molar-refractivity contribution in [1.82, 2.24) is 15.0 Å². The molecule has 1 aliphatic heterocycles. The maximum atomic E-state index is 12.7. The molecule has 3 aromatic rings. The number of carbonyl (C=O) groups is 1. The molecule has 1 amide bonds. The molecule has 0 saturated carbocycles. The van der Waals surface area contributed by atoms with E-state index in [9.17, 15) is 4.79 Å². The van der Waals surface area contributed by atoms with E-state index in [2.05, 4.69) is 10.1 Å². The fourth-order valence-corrected chi connectivity index (χ4v) is 3.19. The zero-order valence-corrected chi connectivity index (χ0v) is 16.0. The van der Waals surface area contributed by atoms with Gasteiger partial charge in [0, 0.05) is 29.2 Å². The van der Waals surface area contributed by atoms with Gasteiger partial charge in [-0.3, -0.25) is 4.79 Å². The number of carbonyl (C=O) groups excluding carboxylic acids is 1. The summed E-state index contributed by atoms with van der Waals surface area (Å²) in [6, 6.07) is 12.4. The van der Waals surface area contributed by atoms with Crippen LogP contribution in [0.5, 0.6) is 5.75 Å². The molecule has 144 valence electrons. The number of rotatable bonds is 4. The first-order valence-electron chi connectivity index (χ1n) is 8.81. The summed E-state index contributed by atoms with van der Waals surface area (Å²) in [6.07, 6.45) is 0. The number of halogens is 1. The van der Waals surface area contributed by atoms with Gasteiger partial charge in [0.1, 0.15) is 5.75 Å². The third kappa shape index (κ3) is 3.72. The number of amides is 1. The van der Waals surface area contributed by atoms with Crippen molar-refractivity contribution >= 4 is 17.5 Å². The quantitative estimate of drug-likeness (QED) is 0.667.